The van der Waals surface area contributed by atoms with Crippen LogP contribution in [-0.2, 0) is 11.2 Å². The molecule has 7 nitrogen and oxygen atoms in total. The van der Waals surface area contributed by atoms with Gasteiger partial charge < -0.3 is 5.01 Å². The zero-order chi connectivity index (χ0) is 21.8. The molecule has 31 heavy (non-hydrogen) atoms. The molecule has 2 N–H and O–H groups in total. The van der Waals surface area contributed by atoms with Gasteiger partial charge in [-0.15, -0.1) is 10.2 Å². The van der Waals surface area contributed by atoms with E-state index in [1.165, 1.54) is 5.56 Å². The number of carbonyl (C=O) groups excluding carboxylic acids is 1. The number of hydrogen-bond donors (Lipinski definition) is 2. The van der Waals surface area contributed by atoms with Crippen molar-refractivity contribution in [3.05, 3.63) is 65.4 Å². The van der Waals surface area contributed by atoms with E-state index < -0.39 is 0 Å². The average molecular weight is 417 g/mol. The molecule has 1 unspecified atom stereocenters. The van der Waals surface area contributed by atoms with Crippen molar-refractivity contribution in [2.75, 3.05) is 6.54 Å². The Hall–Kier alpha value is -3.32. The number of carbonyl (C=O) groups is 1. The van der Waals surface area contributed by atoms with Gasteiger partial charge in [-0.1, -0.05) is 61.9 Å². The summed E-state index contributed by atoms with van der Waals surface area (Å²) >= 11 is 0. The van der Waals surface area contributed by atoms with Crippen molar-refractivity contribution in [3.63, 3.8) is 0 Å². The fourth-order valence-electron chi connectivity index (χ4n) is 4.19. The summed E-state index contributed by atoms with van der Waals surface area (Å²) in [6, 6.07) is 16.6. The molecule has 0 radical (unpaired) electrons. The maximum atomic E-state index is 12.3. The van der Waals surface area contributed by atoms with Crippen LogP contribution < -0.4 is 5.43 Å². The minimum atomic E-state index is 0.0467. The minimum absolute atomic E-state index is 0.0467. The largest absolute Gasteiger partial charge is 0.311 e. The van der Waals surface area contributed by atoms with Gasteiger partial charge in [0.25, 0.3) is 0 Å². The minimum Gasteiger partial charge on any atom is -0.311 e. The molecule has 160 valence electrons. The van der Waals surface area contributed by atoms with Gasteiger partial charge in [0.05, 0.1) is 6.04 Å². The summed E-state index contributed by atoms with van der Waals surface area (Å²) in [4.78, 5) is 12.3. The Morgan fingerprint density at radius 3 is 2.48 bits per heavy atom. The first kappa shape index (κ1) is 20.9. The summed E-state index contributed by atoms with van der Waals surface area (Å²) in [5.41, 5.74) is 9.70. The number of rotatable bonds is 8. The normalized spacial score (nSPS) is 16.2. The van der Waals surface area contributed by atoms with E-state index >= 15 is 0 Å². The van der Waals surface area contributed by atoms with Gasteiger partial charge in [-0.25, -0.2) is 5.43 Å². The Morgan fingerprint density at radius 2 is 1.84 bits per heavy atom. The maximum absolute atomic E-state index is 12.3. The SMILES string of the molecule is CCCCN1NC(C)C(C(C)=O)=C1Cc1ccc(-c2ccccc2-c2nn[nH]n2)cc1. The fraction of sp³-hybridized carbons (Fsp3) is 0.333. The summed E-state index contributed by atoms with van der Waals surface area (Å²) in [7, 11) is 0. The van der Waals surface area contributed by atoms with Gasteiger partial charge in [0.1, 0.15) is 0 Å². The molecular formula is C24H28N6O. The number of nitrogens with zero attached hydrogens (tertiary/aromatic N) is 4. The quantitative estimate of drug-likeness (QED) is 0.579. The van der Waals surface area contributed by atoms with Crippen LogP contribution in [0.25, 0.3) is 22.5 Å². The second-order valence-corrected chi connectivity index (χ2v) is 7.93. The van der Waals surface area contributed by atoms with E-state index in [0.717, 1.165) is 53.8 Å². The maximum Gasteiger partial charge on any atom is 0.205 e. The van der Waals surface area contributed by atoms with Crippen LogP contribution in [0.4, 0.5) is 0 Å². The molecule has 7 heteroatoms. The van der Waals surface area contributed by atoms with Crippen LogP contribution in [0.3, 0.4) is 0 Å². The van der Waals surface area contributed by atoms with E-state index in [9.17, 15) is 4.79 Å². The summed E-state index contributed by atoms with van der Waals surface area (Å²) in [6.07, 6.45) is 2.92. The van der Waals surface area contributed by atoms with Crippen molar-refractivity contribution >= 4 is 5.78 Å². The number of aromatic nitrogens is 4. The van der Waals surface area contributed by atoms with E-state index in [1.807, 2.05) is 18.2 Å². The first-order valence-electron chi connectivity index (χ1n) is 10.8. The second-order valence-electron chi connectivity index (χ2n) is 7.93. The number of allylic oxidation sites excluding steroid dienone is 1. The molecule has 4 rings (SSSR count). The van der Waals surface area contributed by atoms with Gasteiger partial charge in [-0.3, -0.25) is 4.79 Å². The molecule has 2 aromatic carbocycles. The van der Waals surface area contributed by atoms with Crippen molar-refractivity contribution in [2.45, 2.75) is 46.1 Å². The monoisotopic (exact) mass is 416 g/mol. The lowest BCUT2D eigenvalue weighted by molar-refractivity contribution is -0.113. The van der Waals surface area contributed by atoms with Crippen LogP contribution in [0.15, 0.2) is 59.8 Å². The van der Waals surface area contributed by atoms with Crippen LogP contribution in [0.5, 0.6) is 0 Å². The molecule has 0 amide bonds. The number of unbranched alkanes of at least 4 members (excludes halogenated alkanes) is 1. The van der Waals surface area contributed by atoms with Crippen LogP contribution in [0, 0.1) is 0 Å². The molecular weight excluding hydrogens is 388 g/mol. The summed E-state index contributed by atoms with van der Waals surface area (Å²) in [5, 5.41) is 16.6. The summed E-state index contributed by atoms with van der Waals surface area (Å²) in [5.74, 6) is 0.716. The highest BCUT2D eigenvalue weighted by atomic mass is 16.1. The molecule has 0 saturated carbocycles. The van der Waals surface area contributed by atoms with Crippen LogP contribution >= 0.6 is 0 Å². The lowest BCUT2D eigenvalue weighted by Gasteiger charge is -2.23. The van der Waals surface area contributed by atoms with Gasteiger partial charge in [-0.2, -0.15) is 5.21 Å². The third-order valence-corrected chi connectivity index (χ3v) is 5.68. The van der Waals surface area contributed by atoms with E-state index in [-0.39, 0.29) is 11.8 Å². The van der Waals surface area contributed by atoms with Crippen molar-refractivity contribution in [1.82, 2.24) is 31.1 Å². The fourth-order valence-corrected chi connectivity index (χ4v) is 4.19. The molecule has 0 bridgehead atoms. The van der Waals surface area contributed by atoms with Crippen molar-refractivity contribution < 1.29 is 4.79 Å². The van der Waals surface area contributed by atoms with E-state index in [4.69, 9.17) is 0 Å². The predicted molar refractivity (Wildman–Crippen MR) is 121 cm³/mol. The molecule has 0 spiro atoms. The molecule has 0 aliphatic carbocycles. The number of Topliss-reactive ketones (excluding diaryl/α,β-unsaturated/α-hetero) is 1. The van der Waals surface area contributed by atoms with Crippen LogP contribution in [0.2, 0.25) is 0 Å². The molecule has 1 aliphatic rings. The van der Waals surface area contributed by atoms with Crippen molar-refractivity contribution in [2.24, 2.45) is 0 Å². The molecule has 1 aromatic heterocycles. The predicted octanol–water partition coefficient (Wildman–Crippen LogP) is 3.93. The third-order valence-electron chi connectivity index (χ3n) is 5.68. The van der Waals surface area contributed by atoms with Gasteiger partial charge in [0.15, 0.2) is 5.78 Å². The number of aromatic amines is 1. The van der Waals surface area contributed by atoms with E-state index in [0.29, 0.717) is 5.82 Å². The number of hydrazine groups is 1. The van der Waals surface area contributed by atoms with Gasteiger partial charge in [-0.05, 0) is 42.2 Å². The Bertz CT molecular complexity index is 1070. The summed E-state index contributed by atoms with van der Waals surface area (Å²) in [6.45, 7) is 6.80. The van der Waals surface area contributed by atoms with E-state index in [2.05, 4.69) is 75.2 Å². The highest BCUT2D eigenvalue weighted by molar-refractivity contribution is 5.95. The van der Waals surface area contributed by atoms with Gasteiger partial charge in [0.2, 0.25) is 5.82 Å². The smallest absolute Gasteiger partial charge is 0.205 e. The van der Waals surface area contributed by atoms with Gasteiger partial charge in [0, 0.05) is 29.8 Å². The standard InChI is InChI=1S/C24H28N6O/c1-4-5-14-30-22(23(17(3)31)16(2)27-30)15-18-10-12-19(13-11-18)20-8-6-7-9-21(20)24-25-28-29-26-24/h6-13,16,27H,4-5,14-15H2,1-3H3,(H,25,26,28,29). The molecule has 2 heterocycles. The number of tetrazole rings is 1. The number of nitrogens with one attached hydrogen (secondary N) is 2. The first-order valence-corrected chi connectivity index (χ1v) is 10.8. The third kappa shape index (κ3) is 4.41. The van der Waals surface area contributed by atoms with Crippen LogP contribution in [0.1, 0.15) is 39.2 Å². The van der Waals surface area contributed by atoms with E-state index in [1.54, 1.807) is 6.92 Å². The van der Waals surface area contributed by atoms with Crippen molar-refractivity contribution in [3.8, 4) is 22.5 Å². The topological polar surface area (TPSA) is 86.8 Å². The number of hydrogen-bond acceptors (Lipinski definition) is 6. The number of benzene rings is 2. The van der Waals surface area contributed by atoms with Crippen molar-refractivity contribution in [1.29, 1.82) is 0 Å². The Balaban J connectivity index is 1.61. The Morgan fingerprint density at radius 1 is 1.10 bits per heavy atom. The molecule has 1 atom stereocenters. The highest BCUT2D eigenvalue weighted by Gasteiger charge is 2.30. The Kier molecular flexibility index (Phi) is 6.23. The molecule has 1 aliphatic heterocycles. The first-order chi connectivity index (χ1) is 15.1. The van der Waals surface area contributed by atoms with Crippen LogP contribution in [-0.4, -0.2) is 44.0 Å². The lowest BCUT2D eigenvalue weighted by Crippen LogP contribution is -2.37. The van der Waals surface area contributed by atoms with Gasteiger partial charge >= 0.3 is 0 Å². The molecule has 0 saturated heterocycles. The molecule has 0 fully saturated rings. The highest BCUT2D eigenvalue weighted by Crippen LogP contribution is 2.31. The average Bonchev–Trinajstić information content (AvgIpc) is 3.41. The Labute approximate surface area is 182 Å². The zero-order valence-electron chi connectivity index (χ0n) is 18.2. The zero-order valence-corrected chi connectivity index (χ0v) is 18.2. The number of ketones is 1. The second kappa shape index (κ2) is 9.22. The summed E-state index contributed by atoms with van der Waals surface area (Å²) < 4.78 is 0. The molecule has 3 aromatic rings. The number of H-pyrrole nitrogens is 1. The lowest BCUT2D eigenvalue weighted by atomic mass is 9.96.